The van der Waals surface area contributed by atoms with Crippen LogP contribution in [0.3, 0.4) is 0 Å². The normalized spacial score (nSPS) is 10.4. The van der Waals surface area contributed by atoms with Gasteiger partial charge in [0.15, 0.2) is 0 Å². The van der Waals surface area contributed by atoms with Gasteiger partial charge in [0.25, 0.3) is 0 Å². The Morgan fingerprint density at radius 1 is 1.00 bits per heavy atom. The number of rotatable bonds is 11. The van der Waals surface area contributed by atoms with Gasteiger partial charge < -0.3 is 10.1 Å². The Kier molecular flexibility index (Phi) is 9.34. The van der Waals surface area contributed by atoms with Gasteiger partial charge in [0.05, 0.1) is 12.8 Å². The summed E-state index contributed by atoms with van der Waals surface area (Å²) in [5.74, 6) is 0.784. The van der Waals surface area contributed by atoms with Gasteiger partial charge in [-0.05, 0) is 18.6 Å². The smallest absolute Gasteiger partial charge is 0.224 e. The number of carbonyl (C=O) groups excluding carboxylic acids is 1. The lowest BCUT2D eigenvalue weighted by Gasteiger charge is -2.09. The first-order chi connectivity index (χ1) is 10.3. The molecule has 0 spiro atoms. The quantitative estimate of drug-likeness (QED) is 0.571. The summed E-state index contributed by atoms with van der Waals surface area (Å²) in [7, 11) is 1.61. The van der Waals surface area contributed by atoms with E-state index in [0.29, 0.717) is 12.2 Å². The SMILES string of the molecule is CCCCCCCCCCC(=O)Nc1ccccc1OC. The van der Waals surface area contributed by atoms with Crippen molar-refractivity contribution in [3.63, 3.8) is 0 Å². The van der Waals surface area contributed by atoms with Crippen LogP contribution in [0.15, 0.2) is 24.3 Å². The Morgan fingerprint density at radius 3 is 2.29 bits per heavy atom. The first-order valence-corrected chi connectivity index (χ1v) is 8.20. The van der Waals surface area contributed by atoms with Crippen molar-refractivity contribution in [3.05, 3.63) is 24.3 Å². The predicted molar refractivity (Wildman–Crippen MR) is 88.9 cm³/mol. The van der Waals surface area contributed by atoms with Crippen LogP contribution in [0, 0.1) is 0 Å². The minimum Gasteiger partial charge on any atom is -0.495 e. The van der Waals surface area contributed by atoms with Gasteiger partial charge in [0.2, 0.25) is 5.91 Å². The van der Waals surface area contributed by atoms with Crippen molar-refractivity contribution in [1.82, 2.24) is 0 Å². The van der Waals surface area contributed by atoms with Crippen molar-refractivity contribution >= 4 is 11.6 Å². The molecule has 0 aliphatic rings. The van der Waals surface area contributed by atoms with Gasteiger partial charge in [-0.15, -0.1) is 0 Å². The molecule has 0 aliphatic carbocycles. The summed E-state index contributed by atoms with van der Waals surface area (Å²) in [5, 5.41) is 2.92. The number of hydrogen-bond acceptors (Lipinski definition) is 2. The molecule has 1 aromatic rings. The van der Waals surface area contributed by atoms with Crippen LogP contribution in [0.2, 0.25) is 0 Å². The van der Waals surface area contributed by atoms with E-state index in [-0.39, 0.29) is 5.91 Å². The summed E-state index contributed by atoms with van der Waals surface area (Å²) in [6, 6.07) is 7.51. The van der Waals surface area contributed by atoms with E-state index in [0.717, 1.165) is 18.5 Å². The molecule has 3 nitrogen and oxygen atoms in total. The van der Waals surface area contributed by atoms with E-state index in [2.05, 4.69) is 12.2 Å². The summed E-state index contributed by atoms with van der Waals surface area (Å²) < 4.78 is 5.22. The molecule has 0 saturated heterocycles. The number of methoxy groups -OCH3 is 1. The molecular formula is C18H29NO2. The van der Waals surface area contributed by atoms with Gasteiger partial charge in [-0.25, -0.2) is 0 Å². The van der Waals surface area contributed by atoms with Crippen molar-refractivity contribution < 1.29 is 9.53 Å². The van der Waals surface area contributed by atoms with Crippen LogP contribution >= 0.6 is 0 Å². The lowest BCUT2D eigenvalue weighted by Crippen LogP contribution is -2.11. The number of benzene rings is 1. The molecule has 0 saturated carbocycles. The molecule has 1 amide bonds. The zero-order chi connectivity index (χ0) is 15.3. The van der Waals surface area contributed by atoms with Crippen molar-refractivity contribution in [2.45, 2.75) is 64.7 Å². The maximum Gasteiger partial charge on any atom is 0.224 e. The third-order valence-electron chi connectivity index (χ3n) is 3.64. The second-order valence-electron chi connectivity index (χ2n) is 5.47. The van der Waals surface area contributed by atoms with Crippen molar-refractivity contribution in [2.75, 3.05) is 12.4 Å². The van der Waals surface area contributed by atoms with Gasteiger partial charge in [0.1, 0.15) is 5.75 Å². The van der Waals surface area contributed by atoms with Crippen LogP contribution in [0.4, 0.5) is 5.69 Å². The van der Waals surface area contributed by atoms with Crippen LogP contribution < -0.4 is 10.1 Å². The van der Waals surface area contributed by atoms with Crippen LogP contribution in [0.25, 0.3) is 0 Å². The number of carbonyl (C=O) groups is 1. The molecule has 1 N–H and O–H groups in total. The molecule has 1 aromatic carbocycles. The molecule has 0 radical (unpaired) electrons. The Bertz CT molecular complexity index is 404. The van der Waals surface area contributed by atoms with Gasteiger partial charge >= 0.3 is 0 Å². The third kappa shape index (κ3) is 7.74. The molecule has 21 heavy (non-hydrogen) atoms. The van der Waals surface area contributed by atoms with Crippen LogP contribution in [-0.2, 0) is 4.79 Å². The summed E-state index contributed by atoms with van der Waals surface area (Å²) in [5.41, 5.74) is 0.754. The Hall–Kier alpha value is -1.51. The van der Waals surface area contributed by atoms with E-state index in [1.165, 1.54) is 38.5 Å². The number of anilines is 1. The summed E-state index contributed by atoms with van der Waals surface area (Å²) >= 11 is 0. The van der Waals surface area contributed by atoms with Gasteiger partial charge in [-0.2, -0.15) is 0 Å². The van der Waals surface area contributed by atoms with Crippen LogP contribution in [-0.4, -0.2) is 13.0 Å². The van der Waals surface area contributed by atoms with Gasteiger partial charge in [-0.3, -0.25) is 4.79 Å². The summed E-state index contributed by atoms with van der Waals surface area (Å²) in [4.78, 5) is 11.9. The highest BCUT2D eigenvalue weighted by atomic mass is 16.5. The van der Waals surface area contributed by atoms with E-state index in [9.17, 15) is 4.79 Å². The lowest BCUT2D eigenvalue weighted by atomic mass is 10.1. The zero-order valence-electron chi connectivity index (χ0n) is 13.5. The maximum atomic E-state index is 11.9. The second kappa shape index (κ2) is 11.2. The predicted octanol–water partition coefficient (Wildman–Crippen LogP) is 5.16. The average molecular weight is 291 g/mol. The third-order valence-corrected chi connectivity index (χ3v) is 3.64. The topological polar surface area (TPSA) is 38.3 Å². The number of hydrogen-bond donors (Lipinski definition) is 1. The molecule has 0 unspecified atom stereocenters. The largest absolute Gasteiger partial charge is 0.495 e. The van der Waals surface area contributed by atoms with E-state index < -0.39 is 0 Å². The molecule has 0 fully saturated rings. The molecule has 0 atom stereocenters. The number of para-hydroxylation sites is 2. The molecule has 0 aromatic heterocycles. The highest BCUT2D eigenvalue weighted by Crippen LogP contribution is 2.23. The fourth-order valence-electron chi connectivity index (χ4n) is 2.38. The minimum atomic E-state index is 0.0745. The Morgan fingerprint density at radius 2 is 1.62 bits per heavy atom. The molecule has 1 rings (SSSR count). The zero-order valence-corrected chi connectivity index (χ0v) is 13.5. The molecule has 118 valence electrons. The maximum absolute atomic E-state index is 11.9. The number of nitrogens with one attached hydrogen (secondary N) is 1. The van der Waals surface area contributed by atoms with Crippen molar-refractivity contribution in [3.8, 4) is 5.75 Å². The van der Waals surface area contributed by atoms with E-state index in [1.54, 1.807) is 7.11 Å². The molecule has 0 heterocycles. The number of amides is 1. The standard InChI is InChI=1S/C18H29NO2/c1-3-4-5-6-7-8-9-10-15-18(20)19-16-13-11-12-14-17(16)21-2/h11-14H,3-10,15H2,1-2H3,(H,19,20). The highest BCUT2D eigenvalue weighted by Gasteiger charge is 2.06. The Balaban J connectivity index is 2.11. The van der Waals surface area contributed by atoms with Crippen LogP contribution in [0.5, 0.6) is 5.75 Å². The number of unbranched alkanes of at least 4 members (excludes halogenated alkanes) is 7. The van der Waals surface area contributed by atoms with E-state index in [1.807, 2.05) is 24.3 Å². The molecular weight excluding hydrogens is 262 g/mol. The summed E-state index contributed by atoms with van der Waals surface area (Å²) in [6.45, 7) is 2.24. The monoisotopic (exact) mass is 291 g/mol. The summed E-state index contributed by atoms with van der Waals surface area (Å²) in [6.07, 6.45) is 10.6. The fourth-order valence-corrected chi connectivity index (χ4v) is 2.38. The van der Waals surface area contributed by atoms with Crippen molar-refractivity contribution in [2.24, 2.45) is 0 Å². The molecule has 3 heteroatoms. The van der Waals surface area contributed by atoms with E-state index >= 15 is 0 Å². The fraction of sp³-hybridized carbons (Fsp3) is 0.611. The first kappa shape index (κ1) is 17.5. The first-order valence-electron chi connectivity index (χ1n) is 8.20. The average Bonchev–Trinajstić information content (AvgIpc) is 2.50. The molecule has 0 bridgehead atoms. The lowest BCUT2D eigenvalue weighted by molar-refractivity contribution is -0.116. The minimum absolute atomic E-state index is 0.0745. The molecule has 0 aliphatic heterocycles. The van der Waals surface area contributed by atoms with E-state index in [4.69, 9.17) is 4.74 Å². The highest BCUT2D eigenvalue weighted by molar-refractivity contribution is 5.92. The van der Waals surface area contributed by atoms with Gasteiger partial charge in [0, 0.05) is 6.42 Å². The van der Waals surface area contributed by atoms with Crippen LogP contribution in [0.1, 0.15) is 64.7 Å². The van der Waals surface area contributed by atoms with Gasteiger partial charge in [-0.1, -0.05) is 64.0 Å². The van der Waals surface area contributed by atoms with Crippen molar-refractivity contribution in [1.29, 1.82) is 0 Å². The Labute approximate surface area is 129 Å². The second-order valence-corrected chi connectivity index (χ2v) is 5.47. The number of ether oxygens (including phenoxy) is 1.